The molecule has 1 N–H and O–H groups in total. The fourth-order valence-electron chi connectivity index (χ4n) is 4.28. The maximum Gasteiger partial charge on any atom is 0.251 e. The standard InChI is InChI=1S/C23H22FN3O3/c1-23(2)10-18(26-22(28)14-6-7-20-21(8-14)30-13-29-20)17-12-25-27(19(17)11-23)16-5-3-4-15(24)9-16/h3-9,12,18H,10-11,13H2,1-2H3,(H,26,28)/t18-/m0/s1. The molecule has 5 rings (SSSR count). The van der Waals surface area contributed by atoms with Crippen LogP contribution in [0.15, 0.2) is 48.7 Å². The number of hydrogen-bond donors (Lipinski definition) is 1. The fraction of sp³-hybridized carbons (Fsp3) is 0.304. The van der Waals surface area contributed by atoms with Crippen molar-refractivity contribution in [3.8, 4) is 17.2 Å². The summed E-state index contributed by atoms with van der Waals surface area (Å²) in [6, 6.07) is 11.4. The molecule has 1 aliphatic heterocycles. The van der Waals surface area contributed by atoms with Gasteiger partial charge in [-0.2, -0.15) is 5.10 Å². The van der Waals surface area contributed by atoms with Crippen molar-refractivity contribution in [2.24, 2.45) is 5.41 Å². The van der Waals surface area contributed by atoms with Crippen molar-refractivity contribution in [3.63, 3.8) is 0 Å². The van der Waals surface area contributed by atoms with E-state index in [0.717, 1.165) is 24.1 Å². The Morgan fingerprint density at radius 1 is 1.20 bits per heavy atom. The van der Waals surface area contributed by atoms with E-state index in [1.165, 1.54) is 12.1 Å². The van der Waals surface area contributed by atoms with Crippen LogP contribution < -0.4 is 14.8 Å². The molecule has 1 aliphatic carbocycles. The molecule has 0 unspecified atom stereocenters. The number of carbonyl (C=O) groups excluding carboxylic acids is 1. The average molecular weight is 407 g/mol. The van der Waals surface area contributed by atoms with E-state index < -0.39 is 0 Å². The van der Waals surface area contributed by atoms with Gasteiger partial charge in [-0.1, -0.05) is 19.9 Å². The van der Waals surface area contributed by atoms with E-state index >= 15 is 0 Å². The van der Waals surface area contributed by atoms with Crippen LogP contribution in [0, 0.1) is 11.2 Å². The Kier molecular flexibility index (Phi) is 4.27. The minimum atomic E-state index is -0.306. The van der Waals surface area contributed by atoms with Crippen molar-refractivity contribution in [1.29, 1.82) is 0 Å². The quantitative estimate of drug-likeness (QED) is 0.707. The van der Waals surface area contributed by atoms with Crippen LogP contribution in [-0.2, 0) is 6.42 Å². The van der Waals surface area contributed by atoms with Crippen molar-refractivity contribution in [2.75, 3.05) is 6.79 Å². The number of amides is 1. The Bertz CT molecular complexity index is 1140. The van der Waals surface area contributed by atoms with Gasteiger partial charge in [0.15, 0.2) is 11.5 Å². The van der Waals surface area contributed by atoms with Gasteiger partial charge in [-0.15, -0.1) is 0 Å². The number of nitrogens with zero attached hydrogens (tertiary/aromatic N) is 2. The molecule has 2 heterocycles. The largest absolute Gasteiger partial charge is 0.454 e. The highest BCUT2D eigenvalue weighted by atomic mass is 19.1. The minimum Gasteiger partial charge on any atom is -0.454 e. The third-order valence-corrected chi connectivity index (χ3v) is 5.67. The predicted molar refractivity (Wildman–Crippen MR) is 108 cm³/mol. The summed E-state index contributed by atoms with van der Waals surface area (Å²) in [5.74, 6) is 0.732. The molecule has 0 saturated heterocycles. The normalized spacial score (nSPS) is 18.7. The van der Waals surface area contributed by atoms with Crippen LogP contribution in [0.5, 0.6) is 11.5 Å². The maximum absolute atomic E-state index is 13.8. The number of hydrogen-bond acceptors (Lipinski definition) is 4. The molecule has 3 aromatic rings. The van der Waals surface area contributed by atoms with Crippen LogP contribution >= 0.6 is 0 Å². The highest BCUT2D eigenvalue weighted by Gasteiger charge is 2.36. The minimum absolute atomic E-state index is 0.0507. The molecule has 30 heavy (non-hydrogen) atoms. The number of halogens is 1. The highest BCUT2D eigenvalue weighted by molar-refractivity contribution is 5.95. The lowest BCUT2D eigenvalue weighted by molar-refractivity contribution is 0.0918. The van der Waals surface area contributed by atoms with Crippen LogP contribution in [0.2, 0.25) is 0 Å². The molecule has 2 aromatic carbocycles. The Morgan fingerprint density at radius 2 is 2.03 bits per heavy atom. The summed E-state index contributed by atoms with van der Waals surface area (Å²) in [7, 11) is 0. The summed E-state index contributed by atoms with van der Waals surface area (Å²) >= 11 is 0. The zero-order valence-electron chi connectivity index (χ0n) is 16.8. The zero-order valence-corrected chi connectivity index (χ0v) is 16.8. The Morgan fingerprint density at radius 3 is 2.87 bits per heavy atom. The first kappa shape index (κ1) is 18.7. The van der Waals surface area contributed by atoms with E-state index in [1.54, 1.807) is 35.1 Å². The second-order valence-corrected chi connectivity index (χ2v) is 8.58. The molecule has 0 spiro atoms. The van der Waals surface area contributed by atoms with Crippen molar-refractivity contribution in [3.05, 3.63) is 71.3 Å². The molecule has 0 bridgehead atoms. The smallest absolute Gasteiger partial charge is 0.251 e. The lowest BCUT2D eigenvalue weighted by Crippen LogP contribution is -2.36. The lowest BCUT2D eigenvalue weighted by atomic mass is 9.74. The van der Waals surface area contributed by atoms with Crippen molar-refractivity contribution in [1.82, 2.24) is 15.1 Å². The molecule has 2 aliphatic rings. The second kappa shape index (κ2) is 6.86. The molecule has 6 nitrogen and oxygen atoms in total. The Labute approximate surface area is 173 Å². The van der Waals surface area contributed by atoms with Gasteiger partial charge in [0.05, 0.1) is 23.6 Å². The first-order valence-electron chi connectivity index (χ1n) is 9.93. The molecule has 0 fully saturated rings. The van der Waals surface area contributed by atoms with Crippen LogP contribution in [-0.4, -0.2) is 22.5 Å². The van der Waals surface area contributed by atoms with E-state index in [4.69, 9.17) is 9.47 Å². The van der Waals surface area contributed by atoms with Gasteiger partial charge < -0.3 is 14.8 Å². The van der Waals surface area contributed by atoms with E-state index in [-0.39, 0.29) is 30.0 Å². The van der Waals surface area contributed by atoms with Gasteiger partial charge in [-0.25, -0.2) is 9.07 Å². The monoisotopic (exact) mass is 407 g/mol. The van der Waals surface area contributed by atoms with Gasteiger partial charge in [0.2, 0.25) is 6.79 Å². The van der Waals surface area contributed by atoms with Crippen LogP contribution in [0.1, 0.15) is 47.9 Å². The fourth-order valence-corrected chi connectivity index (χ4v) is 4.28. The molecule has 1 aromatic heterocycles. The molecule has 7 heteroatoms. The van der Waals surface area contributed by atoms with Gasteiger partial charge in [-0.3, -0.25) is 4.79 Å². The molecular weight excluding hydrogens is 385 g/mol. The third-order valence-electron chi connectivity index (χ3n) is 5.67. The summed E-state index contributed by atoms with van der Waals surface area (Å²) in [4.78, 5) is 13.0. The summed E-state index contributed by atoms with van der Waals surface area (Å²) in [5, 5.41) is 7.67. The van der Waals surface area contributed by atoms with Crippen LogP contribution in [0.25, 0.3) is 5.69 Å². The number of fused-ring (bicyclic) bond motifs is 2. The molecule has 0 saturated carbocycles. The summed E-state index contributed by atoms with van der Waals surface area (Å²) < 4.78 is 26.2. The summed E-state index contributed by atoms with van der Waals surface area (Å²) in [6.07, 6.45) is 3.35. The predicted octanol–water partition coefficient (Wildman–Crippen LogP) is 4.18. The highest BCUT2D eigenvalue weighted by Crippen LogP contribution is 2.41. The van der Waals surface area contributed by atoms with Crippen LogP contribution in [0.3, 0.4) is 0 Å². The number of aromatic nitrogens is 2. The number of rotatable bonds is 3. The van der Waals surface area contributed by atoms with Gasteiger partial charge in [-0.05, 0) is 54.7 Å². The van der Waals surface area contributed by atoms with E-state index in [2.05, 4.69) is 24.3 Å². The molecule has 0 radical (unpaired) electrons. The maximum atomic E-state index is 13.8. The Hall–Kier alpha value is -3.35. The summed E-state index contributed by atoms with van der Waals surface area (Å²) in [6.45, 7) is 4.50. The first-order valence-corrected chi connectivity index (χ1v) is 9.93. The second-order valence-electron chi connectivity index (χ2n) is 8.58. The summed E-state index contributed by atoms with van der Waals surface area (Å²) in [5.41, 5.74) is 3.10. The van der Waals surface area contributed by atoms with Crippen molar-refractivity contribution < 1.29 is 18.7 Å². The zero-order chi connectivity index (χ0) is 20.9. The molecule has 154 valence electrons. The topological polar surface area (TPSA) is 65.4 Å². The van der Waals surface area contributed by atoms with Gasteiger partial charge in [0.25, 0.3) is 5.91 Å². The third kappa shape index (κ3) is 3.30. The number of nitrogens with one attached hydrogen (secondary N) is 1. The average Bonchev–Trinajstić information content (AvgIpc) is 3.33. The lowest BCUT2D eigenvalue weighted by Gasteiger charge is -2.36. The molecule has 1 amide bonds. The van der Waals surface area contributed by atoms with Crippen molar-refractivity contribution >= 4 is 5.91 Å². The Balaban J connectivity index is 1.46. The number of carbonyl (C=O) groups is 1. The molecular formula is C23H22FN3O3. The van der Waals surface area contributed by atoms with Gasteiger partial charge in [0, 0.05) is 11.1 Å². The van der Waals surface area contributed by atoms with E-state index in [9.17, 15) is 9.18 Å². The van der Waals surface area contributed by atoms with Crippen molar-refractivity contribution in [2.45, 2.75) is 32.7 Å². The van der Waals surface area contributed by atoms with Gasteiger partial charge in [0.1, 0.15) is 5.82 Å². The SMILES string of the molecule is CC1(C)Cc2c(cnn2-c2cccc(F)c2)[C@@H](NC(=O)c2ccc3c(c2)OCO3)C1. The van der Waals surface area contributed by atoms with E-state index in [1.807, 2.05) is 6.07 Å². The molecule has 1 atom stereocenters. The van der Waals surface area contributed by atoms with Gasteiger partial charge >= 0.3 is 0 Å². The van der Waals surface area contributed by atoms with E-state index in [0.29, 0.717) is 22.7 Å². The van der Waals surface area contributed by atoms with Crippen LogP contribution in [0.4, 0.5) is 4.39 Å². The number of ether oxygens (including phenoxy) is 2. The first-order chi connectivity index (χ1) is 14.4. The number of benzene rings is 2.